The van der Waals surface area contributed by atoms with Gasteiger partial charge in [0.25, 0.3) is 5.91 Å². The van der Waals surface area contributed by atoms with Crippen LogP contribution in [-0.2, 0) is 9.59 Å². The number of hydrogen-bond donors (Lipinski definition) is 1. The van der Waals surface area contributed by atoms with Gasteiger partial charge < -0.3 is 15.1 Å². The number of amides is 3. The summed E-state index contributed by atoms with van der Waals surface area (Å²) in [5.41, 5.74) is -0.678. The highest BCUT2D eigenvalue weighted by Crippen LogP contribution is 2.15. The van der Waals surface area contributed by atoms with Gasteiger partial charge in [0.05, 0.1) is 12.1 Å². The summed E-state index contributed by atoms with van der Waals surface area (Å²) < 4.78 is 39.4. The van der Waals surface area contributed by atoms with E-state index in [9.17, 15) is 27.6 Å². The first-order valence-corrected chi connectivity index (χ1v) is 7.26. The second-order valence-electron chi connectivity index (χ2n) is 5.29. The first kappa shape index (κ1) is 17.8. The Morgan fingerprint density at radius 3 is 2.17 bits per heavy atom. The van der Waals surface area contributed by atoms with Gasteiger partial charge in [-0.2, -0.15) is 0 Å². The Bertz CT molecular complexity index is 673. The van der Waals surface area contributed by atoms with Crippen LogP contribution in [0.4, 0.5) is 13.2 Å². The summed E-state index contributed by atoms with van der Waals surface area (Å²) in [5.74, 6) is -6.24. The molecule has 0 spiro atoms. The Morgan fingerprint density at radius 1 is 1.00 bits per heavy atom. The maximum atomic E-state index is 13.5. The van der Waals surface area contributed by atoms with Crippen LogP contribution in [0.5, 0.6) is 0 Å². The summed E-state index contributed by atoms with van der Waals surface area (Å²) in [4.78, 5) is 38.0. The first-order valence-electron chi connectivity index (χ1n) is 7.26. The van der Waals surface area contributed by atoms with Gasteiger partial charge in [0.1, 0.15) is 0 Å². The Hall–Kier alpha value is -2.58. The molecule has 0 atom stereocenters. The van der Waals surface area contributed by atoms with E-state index >= 15 is 0 Å². The number of hydrogen-bond acceptors (Lipinski definition) is 3. The molecular formula is C15H16F3N3O3. The second kappa shape index (κ2) is 7.33. The monoisotopic (exact) mass is 343 g/mol. The molecule has 1 heterocycles. The minimum absolute atomic E-state index is 0.0794. The SMILES string of the molecule is CC(=O)N1CCN(C(=O)CNC(=O)c2ccc(F)c(F)c2F)CC1. The average molecular weight is 343 g/mol. The molecule has 0 bridgehead atoms. The van der Waals surface area contributed by atoms with Gasteiger partial charge >= 0.3 is 0 Å². The highest BCUT2D eigenvalue weighted by Gasteiger charge is 2.23. The van der Waals surface area contributed by atoms with Crippen LogP contribution in [0.25, 0.3) is 0 Å². The van der Waals surface area contributed by atoms with Crippen molar-refractivity contribution in [3.05, 3.63) is 35.1 Å². The maximum absolute atomic E-state index is 13.5. The third-order valence-electron chi connectivity index (χ3n) is 3.76. The molecule has 0 aromatic heterocycles. The van der Waals surface area contributed by atoms with Gasteiger partial charge in [-0.3, -0.25) is 14.4 Å². The highest BCUT2D eigenvalue weighted by molar-refractivity contribution is 5.96. The standard InChI is InChI=1S/C15H16F3N3O3/c1-9(22)20-4-6-21(7-5-20)12(23)8-19-15(24)10-2-3-11(16)14(18)13(10)17/h2-3H,4-8H2,1H3,(H,19,24). The number of rotatable bonds is 3. The van der Waals surface area contributed by atoms with Gasteiger partial charge in [0.15, 0.2) is 17.5 Å². The van der Waals surface area contributed by atoms with E-state index in [0.29, 0.717) is 32.2 Å². The van der Waals surface area contributed by atoms with E-state index in [0.717, 1.165) is 6.07 Å². The van der Waals surface area contributed by atoms with Crippen molar-refractivity contribution < 1.29 is 27.6 Å². The quantitative estimate of drug-likeness (QED) is 0.814. The van der Waals surface area contributed by atoms with Crippen LogP contribution in [0.15, 0.2) is 12.1 Å². The molecule has 0 unspecified atom stereocenters. The minimum atomic E-state index is -1.74. The zero-order valence-corrected chi connectivity index (χ0v) is 12.9. The Kier molecular flexibility index (Phi) is 5.42. The molecule has 1 fully saturated rings. The van der Waals surface area contributed by atoms with Crippen molar-refractivity contribution in [1.29, 1.82) is 0 Å². The minimum Gasteiger partial charge on any atom is -0.343 e. The molecule has 1 aliphatic rings. The van der Waals surface area contributed by atoms with Gasteiger partial charge in [0, 0.05) is 33.1 Å². The molecule has 1 aromatic carbocycles. The van der Waals surface area contributed by atoms with Gasteiger partial charge in [0.2, 0.25) is 11.8 Å². The topological polar surface area (TPSA) is 69.7 Å². The van der Waals surface area contributed by atoms with Crippen LogP contribution >= 0.6 is 0 Å². The predicted octanol–water partition coefficient (Wildman–Crippen LogP) is 0.524. The molecule has 3 amide bonds. The van der Waals surface area contributed by atoms with Gasteiger partial charge in [-0.05, 0) is 12.1 Å². The van der Waals surface area contributed by atoms with Crippen molar-refractivity contribution in [1.82, 2.24) is 15.1 Å². The predicted molar refractivity (Wildman–Crippen MR) is 77.5 cm³/mol. The molecule has 1 saturated heterocycles. The van der Waals surface area contributed by atoms with E-state index in [4.69, 9.17) is 0 Å². The van der Waals surface area contributed by atoms with Gasteiger partial charge in [-0.25, -0.2) is 13.2 Å². The van der Waals surface area contributed by atoms with E-state index in [1.54, 1.807) is 4.90 Å². The smallest absolute Gasteiger partial charge is 0.254 e. The van der Waals surface area contributed by atoms with E-state index in [1.165, 1.54) is 11.8 Å². The fourth-order valence-corrected chi connectivity index (χ4v) is 2.33. The number of piperazine rings is 1. The lowest BCUT2D eigenvalue weighted by Crippen LogP contribution is -2.52. The Balaban J connectivity index is 1.89. The zero-order chi connectivity index (χ0) is 17.9. The molecule has 1 aromatic rings. The lowest BCUT2D eigenvalue weighted by molar-refractivity contribution is -0.137. The van der Waals surface area contributed by atoms with Crippen molar-refractivity contribution in [2.75, 3.05) is 32.7 Å². The number of carbonyl (C=O) groups excluding carboxylic acids is 3. The molecule has 1 N–H and O–H groups in total. The molecule has 9 heteroatoms. The van der Waals surface area contributed by atoms with Crippen molar-refractivity contribution in [2.45, 2.75) is 6.92 Å². The van der Waals surface area contributed by atoms with E-state index in [2.05, 4.69) is 5.32 Å². The first-order chi connectivity index (χ1) is 11.3. The van der Waals surface area contributed by atoms with Gasteiger partial charge in [-0.15, -0.1) is 0 Å². The number of halogens is 3. The van der Waals surface area contributed by atoms with Crippen LogP contribution in [0.2, 0.25) is 0 Å². The normalized spacial score (nSPS) is 14.5. The summed E-state index contributed by atoms with van der Waals surface area (Å²) in [5, 5.41) is 2.18. The summed E-state index contributed by atoms with van der Waals surface area (Å²) in [6, 6.07) is 1.44. The number of nitrogens with zero attached hydrogens (tertiary/aromatic N) is 2. The summed E-state index contributed by atoms with van der Waals surface area (Å²) >= 11 is 0. The third-order valence-corrected chi connectivity index (χ3v) is 3.76. The third kappa shape index (κ3) is 3.84. The average Bonchev–Trinajstić information content (AvgIpc) is 2.57. The Morgan fingerprint density at radius 2 is 1.58 bits per heavy atom. The summed E-state index contributed by atoms with van der Waals surface area (Å²) in [6.07, 6.45) is 0. The number of carbonyl (C=O) groups is 3. The fourth-order valence-electron chi connectivity index (χ4n) is 2.33. The lowest BCUT2D eigenvalue weighted by Gasteiger charge is -2.34. The lowest BCUT2D eigenvalue weighted by atomic mass is 10.2. The van der Waals surface area contributed by atoms with Crippen LogP contribution in [0.3, 0.4) is 0 Å². The summed E-state index contributed by atoms with van der Waals surface area (Å²) in [7, 11) is 0. The molecule has 24 heavy (non-hydrogen) atoms. The van der Waals surface area contributed by atoms with Crippen LogP contribution in [-0.4, -0.2) is 60.2 Å². The molecule has 6 nitrogen and oxygen atoms in total. The van der Waals surface area contributed by atoms with Crippen LogP contribution < -0.4 is 5.32 Å². The largest absolute Gasteiger partial charge is 0.343 e. The van der Waals surface area contributed by atoms with Crippen molar-refractivity contribution in [3.8, 4) is 0 Å². The van der Waals surface area contributed by atoms with E-state index in [-0.39, 0.29) is 5.91 Å². The van der Waals surface area contributed by atoms with E-state index in [1.807, 2.05) is 0 Å². The molecule has 0 saturated carbocycles. The second-order valence-corrected chi connectivity index (χ2v) is 5.29. The molecule has 0 aliphatic carbocycles. The Labute approximate surface area is 136 Å². The highest BCUT2D eigenvalue weighted by atomic mass is 19.2. The molecule has 2 rings (SSSR count). The van der Waals surface area contributed by atoms with Crippen LogP contribution in [0.1, 0.15) is 17.3 Å². The fraction of sp³-hybridized carbons (Fsp3) is 0.400. The molecule has 130 valence electrons. The van der Waals surface area contributed by atoms with Gasteiger partial charge in [-0.1, -0.05) is 0 Å². The van der Waals surface area contributed by atoms with Crippen molar-refractivity contribution in [3.63, 3.8) is 0 Å². The van der Waals surface area contributed by atoms with E-state index < -0.39 is 41.4 Å². The molecule has 1 aliphatic heterocycles. The molecular weight excluding hydrogens is 327 g/mol. The molecule has 0 radical (unpaired) electrons. The summed E-state index contributed by atoms with van der Waals surface area (Å²) in [6.45, 7) is 2.48. The number of nitrogens with one attached hydrogen (secondary N) is 1. The van der Waals surface area contributed by atoms with Crippen LogP contribution in [0, 0.1) is 17.5 Å². The zero-order valence-electron chi connectivity index (χ0n) is 12.9. The number of benzene rings is 1. The van der Waals surface area contributed by atoms with Crippen molar-refractivity contribution >= 4 is 17.7 Å². The van der Waals surface area contributed by atoms with Crippen molar-refractivity contribution in [2.24, 2.45) is 0 Å². The maximum Gasteiger partial charge on any atom is 0.254 e.